The van der Waals surface area contributed by atoms with Gasteiger partial charge in [-0.15, -0.1) is 0 Å². The van der Waals surface area contributed by atoms with Crippen molar-refractivity contribution in [3.05, 3.63) is 63.6 Å². The summed E-state index contributed by atoms with van der Waals surface area (Å²) in [6.07, 6.45) is 3.36. The van der Waals surface area contributed by atoms with Crippen molar-refractivity contribution >= 4 is 12.3 Å². The first kappa shape index (κ1) is 11.8. The van der Waals surface area contributed by atoms with Crippen molar-refractivity contribution in [2.75, 3.05) is 0 Å². The number of imidazole rings is 1. The molecule has 0 N–H and O–H groups in total. The van der Waals surface area contributed by atoms with Crippen LogP contribution in [0.5, 0.6) is 0 Å². The maximum Gasteiger partial charge on any atom is 0.479 e. The molecule has 0 bridgehead atoms. The van der Waals surface area contributed by atoms with Gasteiger partial charge in [-0.1, -0.05) is 35.1 Å². The fourth-order valence-electron chi connectivity index (χ4n) is 1.55. The molecular formula is C11H10N4O3. The standard InChI is InChI=1S/C11H10N4O3/c16-14(9-15(17)18)11-12-6-7-13(11)8-10-4-2-1-3-5-10/h1-7,9H,8H2/b14-9-. The second-order valence-electron chi connectivity index (χ2n) is 3.57. The van der Waals surface area contributed by atoms with Gasteiger partial charge in [-0.05, 0) is 5.56 Å². The molecule has 0 amide bonds. The maximum absolute atomic E-state index is 11.5. The fourth-order valence-corrected chi connectivity index (χ4v) is 1.55. The van der Waals surface area contributed by atoms with Crippen molar-refractivity contribution in [3.63, 3.8) is 0 Å². The van der Waals surface area contributed by atoms with E-state index < -0.39 is 4.92 Å². The summed E-state index contributed by atoms with van der Waals surface area (Å²) in [5, 5.41) is 21.7. The third-order valence-corrected chi connectivity index (χ3v) is 2.29. The molecule has 0 aliphatic rings. The topological polar surface area (TPSA) is 87.0 Å². The zero-order valence-corrected chi connectivity index (χ0v) is 9.34. The Morgan fingerprint density at radius 3 is 2.67 bits per heavy atom. The van der Waals surface area contributed by atoms with E-state index >= 15 is 0 Å². The first-order valence-corrected chi connectivity index (χ1v) is 5.17. The molecule has 0 saturated heterocycles. The van der Waals surface area contributed by atoms with Crippen LogP contribution in [0.1, 0.15) is 5.56 Å². The summed E-state index contributed by atoms with van der Waals surface area (Å²) in [6.45, 7) is 0.431. The summed E-state index contributed by atoms with van der Waals surface area (Å²) in [5.41, 5.74) is 0.978. The summed E-state index contributed by atoms with van der Waals surface area (Å²) in [6, 6.07) is 9.44. The Morgan fingerprint density at radius 2 is 2.00 bits per heavy atom. The van der Waals surface area contributed by atoms with E-state index in [2.05, 4.69) is 4.98 Å². The average molecular weight is 246 g/mol. The van der Waals surface area contributed by atoms with Crippen LogP contribution >= 0.6 is 0 Å². The molecule has 0 spiro atoms. The minimum atomic E-state index is -0.811. The minimum Gasteiger partial charge on any atom is -0.612 e. The van der Waals surface area contributed by atoms with Crippen molar-refractivity contribution in [2.24, 2.45) is 0 Å². The van der Waals surface area contributed by atoms with Crippen molar-refractivity contribution in [2.45, 2.75) is 6.54 Å². The zero-order valence-electron chi connectivity index (χ0n) is 9.34. The van der Waals surface area contributed by atoms with Gasteiger partial charge >= 0.3 is 12.3 Å². The molecule has 92 valence electrons. The average Bonchev–Trinajstić information content (AvgIpc) is 2.77. The second-order valence-corrected chi connectivity index (χ2v) is 3.57. The largest absolute Gasteiger partial charge is 0.612 e. The number of hydrogen-bond donors (Lipinski definition) is 0. The molecule has 0 fully saturated rings. The molecule has 0 atom stereocenters. The van der Waals surface area contributed by atoms with Crippen molar-refractivity contribution in [3.8, 4) is 0 Å². The molecule has 1 aromatic heterocycles. The smallest absolute Gasteiger partial charge is 0.479 e. The van der Waals surface area contributed by atoms with Gasteiger partial charge in [0.25, 0.3) is 0 Å². The molecule has 2 rings (SSSR count). The lowest BCUT2D eigenvalue weighted by Gasteiger charge is -2.04. The van der Waals surface area contributed by atoms with E-state index in [1.807, 2.05) is 30.3 Å². The normalized spacial score (nSPS) is 11.4. The highest BCUT2D eigenvalue weighted by Crippen LogP contribution is 2.11. The Bertz CT molecular complexity index is 577. The van der Waals surface area contributed by atoms with Crippen LogP contribution < -0.4 is 0 Å². The van der Waals surface area contributed by atoms with Gasteiger partial charge < -0.3 is 5.21 Å². The van der Waals surface area contributed by atoms with Crippen LogP contribution in [0.4, 0.5) is 5.95 Å². The van der Waals surface area contributed by atoms with Crippen LogP contribution in [0.2, 0.25) is 0 Å². The molecule has 0 aliphatic carbocycles. The lowest BCUT2D eigenvalue weighted by Crippen LogP contribution is -2.11. The highest BCUT2D eigenvalue weighted by Gasteiger charge is 2.14. The predicted octanol–water partition coefficient (Wildman–Crippen LogP) is 1.38. The lowest BCUT2D eigenvalue weighted by atomic mass is 10.2. The van der Waals surface area contributed by atoms with Crippen LogP contribution in [0.15, 0.2) is 42.7 Å². The Morgan fingerprint density at radius 1 is 1.28 bits per heavy atom. The van der Waals surface area contributed by atoms with Crippen LogP contribution in [-0.4, -0.2) is 25.6 Å². The van der Waals surface area contributed by atoms with Gasteiger partial charge in [0.1, 0.15) is 4.92 Å². The Hall–Kier alpha value is -2.70. The number of hydrogen-bond acceptors (Lipinski definition) is 4. The first-order valence-electron chi connectivity index (χ1n) is 5.17. The second kappa shape index (κ2) is 5.09. The van der Waals surface area contributed by atoms with Crippen LogP contribution in [0, 0.1) is 15.3 Å². The van der Waals surface area contributed by atoms with E-state index in [-0.39, 0.29) is 10.7 Å². The summed E-state index contributed by atoms with van der Waals surface area (Å²) in [4.78, 5) is 13.2. The number of nitro groups is 1. The Labute approximate surface area is 102 Å². The van der Waals surface area contributed by atoms with E-state index in [0.29, 0.717) is 12.9 Å². The number of benzene rings is 1. The van der Waals surface area contributed by atoms with Gasteiger partial charge in [-0.2, -0.15) is 4.98 Å². The zero-order chi connectivity index (χ0) is 13.0. The fraction of sp³-hybridized carbons (Fsp3) is 0.0909. The molecule has 7 heteroatoms. The summed E-state index contributed by atoms with van der Waals surface area (Å²) in [7, 11) is 0. The van der Waals surface area contributed by atoms with E-state index in [0.717, 1.165) is 5.56 Å². The molecule has 0 unspecified atom stereocenters. The third kappa shape index (κ3) is 2.70. The van der Waals surface area contributed by atoms with Crippen LogP contribution in [0.3, 0.4) is 0 Å². The number of rotatable bonds is 4. The highest BCUT2D eigenvalue weighted by atomic mass is 16.6. The van der Waals surface area contributed by atoms with Gasteiger partial charge in [-0.3, -0.25) is 14.7 Å². The van der Waals surface area contributed by atoms with Crippen molar-refractivity contribution in [1.82, 2.24) is 9.55 Å². The Kier molecular flexibility index (Phi) is 3.33. The molecular weight excluding hydrogens is 236 g/mol. The van der Waals surface area contributed by atoms with Gasteiger partial charge in [0.05, 0.1) is 12.7 Å². The lowest BCUT2D eigenvalue weighted by molar-refractivity contribution is -0.459. The minimum absolute atomic E-state index is 0.0180. The molecule has 1 heterocycles. The third-order valence-electron chi connectivity index (χ3n) is 2.29. The number of aromatic nitrogens is 2. The highest BCUT2D eigenvalue weighted by molar-refractivity contribution is 5.39. The van der Waals surface area contributed by atoms with E-state index in [1.54, 1.807) is 10.8 Å². The molecule has 0 saturated carbocycles. The summed E-state index contributed by atoms with van der Waals surface area (Å²) >= 11 is 0. The van der Waals surface area contributed by atoms with Gasteiger partial charge in [0.2, 0.25) is 0 Å². The number of nitrogens with zero attached hydrogens (tertiary/aromatic N) is 4. The van der Waals surface area contributed by atoms with E-state index in [1.165, 1.54) is 6.20 Å². The molecule has 2 aromatic rings. The summed E-state index contributed by atoms with van der Waals surface area (Å²) < 4.78 is 1.69. The monoisotopic (exact) mass is 246 g/mol. The van der Waals surface area contributed by atoms with Crippen LogP contribution in [-0.2, 0) is 6.54 Å². The first-order chi connectivity index (χ1) is 8.66. The van der Waals surface area contributed by atoms with E-state index in [9.17, 15) is 15.3 Å². The molecule has 18 heavy (non-hydrogen) atoms. The SMILES string of the molecule is O=[N+]([O-])/C=[N+](\[O-])c1nccn1Cc1ccccc1. The maximum atomic E-state index is 11.5. The quantitative estimate of drug-likeness (QED) is 0.203. The van der Waals surface area contributed by atoms with Crippen LogP contribution in [0.25, 0.3) is 0 Å². The predicted molar refractivity (Wildman–Crippen MR) is 64.1 cm³/mol. The van der Waals surface area contributed by atoms with Crippen molar-refractivity contribution < 1.29 is 9.66 Å². The van der Waals surface area contributed by atoms with E-state index in [4.69, 9.17) is 0 Å². The van der Waals surface area contributed by atoms with Crippen molar-refractivity contribution in [1.29, 1.82) is 0 Å². The summed E-state index contributed by atoms with van der Waals surface area (Å²) in [5.74, 6) is -0.0180. The van der Waals surface area contributed by atoms with Gasteiger partial charge in [0, 0.05) is 6.20 Å². The van der Waals surface area contributed by atoms with Gasteiger partial charge in [-0.25, -0.2) is 0 Å². The molecule has 0 radical (unpaired) electrons. The molecule has 1 aromatic carbocycles. The Balaban J connectivity index is 2.26. The molecule has 7 nitrogen and oxygen atoms in total. The van der Waals surface area contributed by atoms with Gasteiger partial charge in [0.15, 0.2) is 0 Å². The molecule has 0 aliphatic heterocycles.